The van der Waals surface area contributed by atoms with Crippen molar-refractivity contribution in [2.75, 3.05) is 5.43 Å². The van der Waals surface area contributed by atoms with Gasteiger partial charge in [0, 0.05) is 0 Å². The van der Waals surface area contributed by atoms with Crippen molar-refractivity contribution in [3.8, 4) is 6.07 Å². The fourth-order valence-electron chi connectivity index (χ4n) is 1.79. The molecule has 2 aromatic rings. The molecule has 27 heavy (non-hydrogen) atoms. The van der Waals surface area contributed by atoms with Gasteiger partial charge < -0.3 is 0 Å². The van der Waals surface area contributed by atoms with Gasteiger partial charge >= 0.3 is 12.4 Å². The van der Waals surface area contributed by atoms with Gasteiger partial charge in [-0.1, -0.05) is 6.07 Å². The first-order valence-electron chi connectivity index (χ1n) is 6.67. The molecule has 0 aliphatic carbocycles. The third-order valence-corrected chi connectivity index (χ3v) is 5.95. The van der Waals surface area contributed by atoms with E-state index >= 15 is 0 Å². The van der Waals surface area contributed by atoms with Gasteiger partial charge in [0.15, 0.2) is 0 Å². The summed E-state index contributed by atoms with van der Waals surface area (Å²) in [4.78, 5) is 0. The Morgan fingerprint density at radius 2 is 1.63 bits per heavy atom. The molecule has 0 saturated heterocycles. The van der Waals surface area contributed by atoms with Crippen LogP contribution in [-0.2, 0) is 22.2 Å². The van der Waals surface area contributed by atoms with Crippen molar-refractivity contribution in [1.29, 1.82) is 5.26 Å². The fraction of sp³-hybridized carbons (Fsp3) is 0.143. The highest BCUT2D eigenvalue weighted by atomic mass is 32.2. The zero-order valence-electron chi connectivity index (χ0n) is 12.8. The molecule has 5 nitrogen and oxygen atoms in total. The number of hydrazone groups is 1. The summed E-state index contributed by atoms with van der Waals surface area (Å²) in [6.07, 6.45) is -10.2. The summed E-state index contributed by atoms with van der Waals surface area (Å²) in [7, 11) is -4.35. The molecule has 2 rings (SSSR count). The topological polar surface area (TPSA) is 82.3 Å². The maximum atomic E-state index is 12.8. The van der Waals surface area contributed by atoms with Gasteiger partial charge in [0.2, 0.25) is 9.84 Å². The van der Waals surface area contributed by atoms with Crippen LogP contribution in [0, 0.1) is 11.3 Å². The summed E-state index contributed by atoms with van der Waals surface area (Å²) in [5.41, 5.74) is -2.24. The van der Waals surface area contributed by atoms with E-state index in [4.69, 9.17) is 5.26 Å². The summed E-state index contributed by atoms with van der Waals surface area (Å²) < 4.78 is 101. The average Bonchev–Trinajstić information content (AvgIpc) is 3.08. The number of nitriles is 1. The molecule has 1 aromatic carbocycles. The zero-order chi connectivity index (χ0) is 20.5. The molecule has 0 spiro atoms. The Morgan fingerprint density at radius 3 is 2.04 bits per heavy atom. The number of hydrogen-bond acceptors (Lipinski definition) is 6. The van der Waals surface area contributed by atoms with E-state index in [0.717, 1.165) is 11.3 Å². The molecule has 0 unspecified atom stereocenters. The van der Waals surface area contributed by atoms with Gasteiger partial charge in [-0.3, -0.25) is 5.43 Å². The van der Waals surface area contributed by atoms with Gasteiger partial charge in [0.1, 0.15) is 10.3 Å². The number of nitrogens with zero attached hydrogens (tertiary/aromatic N) is 2. The number of nitrogens with one attached hydrogen (secondary N) is 1. The van der Waals surface area contributed by atoms with Gasteiger partial charge in [-0.05, 0) is 29.6 Å². The summed E-state index contributed by atoms with van der Waals surface area (Å²) in [6.45, 7) is 0. The number of benzene rings is 1. The Morgan fingerprint density at radius 1 is 1.07 bits per heavy atom. The summed E-state index contributed by atoms with van der Waals surface area (Å²) in [5, 5.41) is 12.4. The Bertz CT molecular complexity index is 971. The van der Waals surface area contributed by atoms with Crippen LogP contribution in [0.2, 0.25) is 0 Å². The van der Waals surface area contributed by atoms with E-state index in [0.29, 0.717) is 12.1 Å². The smallest absolute Gasteiger partial charge is 0.276 e. The average molecular weight is 427 g/mol. The minimum absolute atomic E-state index is 0.0948. The van der Waals surface area contributed by atoms with Crippen LogP contribution in [-0.4, -0.2) is 13.5 Å². The molecule has 144 valence electrons. The molecule has 1 heterocycles. The van der Waals surface area contributed by atoms with E-state index in [9.17, 15) is 34.8 Å². The van der Waals surface area contributed by atoms with E-state index in [2.05, 4.69) is 5.10 Å². The maximum Gasteiger partial charge on any atom is 0.416 e. The van der Waals surface area contributed by atoms with Crippen LogP contribution < -0.4 is 5.43 Å². The first kappa shape index (κ1) is 20.7. The Labute approximate surface area is 152 Å². The lowest BCUT2D eigenvalue weighted by molar-refractivity contribution is -0.143. The van der Waals surface area contributed by atoms with E-state index in [1.807, 2.05) is 0 Å². The first-order valence-corrected chi connectivity index (χ1v) is 9.04. The van der Waals surface area contributed by atoms with E-state index in [1.54, 1.807) is 5.43 Å². The standard InChI is InChI=1S/C14H7F6N3O2S2/c15-13(16,17)8-4-9(14(18,19)20)6-10(5-8)22-23-11(7-21)27(24,25)12-2-1-3-26-12/h1-6,22H/b23-11+. The summed E-state index contributed by atoms with van der Waals surface area (Å²) in [6, 6.07) is 4.32. The van der Waals surface area contributed by atoms with Crippen molar-refractivity contribution < 1.29 is 34.8 Å². The minimum atomic E-state index is -5.08. The molecule has 13 heteroatoms. The predicted octanol–water partition coefficient (Wildman–Crippen LogP) is 4.51. The molecular weight excluding hydrogens is 420 g/mol. The number of alkyl halides is 6. The molecular formula is C14H7F6N3O2S2. The fourth-order valence-corrected chi connectivity index (χ4v) is 3.88. The van der Waals surface area contributed by atoms with Gasteiger partial charge in [-0.15, -0.1) is 11.3 Å². The lowest BCUT2D eigenvalue weighted by atomic mass is 10.1. The molecule has 0 amide bonds. The molecule has 0 aliphatic heterocycles. The number of rotatable bonds is 3. The van der Waals surface area contributed by atoms with Gasteiger partial charge in [0.25, 0.3) is 5.04 Å². The van der Waals surface area contributed by atoms with Crippen LogP contribution >= 0.6 is 11.3 Å². The Hall–Kier alpha value is -2.59. The molecule has 0 bridgehead atoms. The molecule has 0 saturated carbocycles. The molecule has 0 atom stereocenters. The highest BCUT2D eigenvalue weighted by Gasteiger charge is 2.37. The first-order chi connectivity index (χ1) is 12.4. The third-order valence-electron chi connectivity index (χ3n) is 2.98. The normalized spacial score (nSPS) is 13.3. The number of halogens is 6. The Kier molecular flexibility index (Phi) is 5.52. The van der Waals surface area contributed by atoms with Crippen molar-refractivity contribution in [3.63, 3.8) is 0 Å². The second-order valence-electron chi connectivity index (χ2n) is 4.87. The molecule has 1 aromatic heterocycles. The van der Waals surface area contributed by atoms with E-state index in [1.165, 1.54) is 23.6 Å². The lowest BCUT2D eigenvalue weighted by Crippen LogP contribution is -2.15. The Balaban J connectivity index is 2.47. The van der Waals surface area contributed by atoms with Gasteiger partial charge in [0.05, 0.1) is 16.8 Å². The second-order valence-corrected chi connectivity index (χ2v) is 7.91. The van der Waals surface area contributed by atoms with Crippen LogP contribution in [0.15, 0.2) is 45.0 Å². The number of thiophene rings is 1. The second kappa shape index (κ2) is 7.20. The highest BCUT2D eigenvalue weighted by molar-refractivity contribution is 8.08. The van der Waals surface area contributed by atoms with Crippen LogP contribution in [0.25, 0.3) is 0 Å². The summed E-state index contributed by atoms with van der Waals surface area (Å²) >= 11 is 0.762. The molecule has 1 N–H and O–H groups in total. The van der Waals surface area contributed by atoms with Crippen molar-refractivity contribution >= 4 is 31.9 Å². The quantitative estimate of drug-likeness (QED) is 0.338. The van der Waals surface area contributed by atoms with E-state index < -0.39 is 44.0 Å². The van der Waals surface area contributed by atoms with Crippen LogP contribution in [0.4, 0.5) is 32.0 Å². The van der Waals surface area contributed by atoms with Gasteiger partial charge in [-0.25, -0.2) is 8.42 Å². The third kappa shape index (κ3) is 4.77. The van der Waals surface area contributed by atoms with E-state index in [-0.39, 0.29) is 10.3 Å². The minimum Gasteiger partial charge on any atom is -0.276 e. The SMILES string of the molecule is N#C/C(=N\Nc1cc(C(F)(F)F)cc(C(F)(F)F)c1)S(=O)(=O)c1cccs1. The number of sulfone groups is 1. The van der Waals surface area contributed by atoms with Crippen molar-refractivity contribution in [3.05, 3.63) is 46.8 Å². The van der Waals surface area contributed by atoms with Crippen molar-refractivity contribution in [2.24, 2.45) is 5.10 Å². The molecule has 0 radical (unpaired) electrons. The zero-order valence-corrected chi connectivity index (χ0v) is 14.4. The highest BCUT2D eigenvalue weighted by Crippen LogP contribution is 2.37. The van der Waals surface area contributed by atoms with Gasteiger partial charge in [-0.2, -0.15) is 36.7 Å². The summed E-state index contributed by atoms with van der Waals surface area (Å²) in [5.74, 6) is 0. The largest absolute Gasteiger partial charge is 0.416 e. The van der Waals surface area contributed by atoms with Crippen molar-refractivity contribution in [2.45, 2.75) is 16.6 Å². The van der Waals surface area contributed by atoms with Crippen LogP contribution in [0.1, 0.15) is 11.1 Å². The lowest BCUT2D eigenvalue weighted by Gasteiger charge is -2.13. The monoisotopic (exact) mass is 427 g/mol. The number of hydrogen-bond donors (Lipinski definition) is 1. The predicted molar refractivity (Wildman–Crippen MR) is 84.6 cm³/mol. The van der Waals surface area contributed by atoms with Crippen molar-refractivity contribution in [1.82, 2.24) is 0 Å². The molecule has 0 fully saturated rings. The maximum absolute atomic E-state index is 12.8. The van der Waals surface area contributed by atoms with Crippen LogP contribution in [0.3, 0.4) is 0 Å². The number of anilines is 1. The molecule has 0 aliphatic rings. The van der Waals surface area contributed by atoms with Crippen LogP contribution in [0.5, 0.6) is 0 Å².